The van der Waals surface area contributed by atoms with E-state index in [1.807, 2.05) is 25.1 Å². The van der Waals surface area contributed by atoms with Gasteiger partial charge in [0.2, 0.25) is 0 Å². The molecular weight excluding hydrogens is 277 g/mol. The molecule has 0 aliphatic heterocycles. The summed E-state index contributed by atoms with van der Waals surface area (Å²) in [6.07, 6.45) is 1.34. The van der Waals surface area contributed by atoms with Gasteiger partial charge in [0, 0.05) is 16.1 Å². The van der Waals surface area contributed by atoms with Crippen LogP contribution >= 0.6 is 11.6 Å². The lowest BCUT2D eigenvalue weighted by atomic mass is 10.2. The highest BCUT2D eigenvalue weighted by Gasteiger charge is 2.09. The molecule has 1 aromatic heterocycles. The van der Waals surface area contributed by atoms with E-state index < -0.39 is 0 Å². The minimum absolute atomic E-state index is 0.296. The van der Waals surface area contributed by atoms with Crippen LogP contribution in [-0.2, 0) is 0 Å². The molecule has 3 nitrogen and oxygen atoms in total. The van der Waals surface area contributed by atoms with E-state index in [1.54, 1.807) is 12.1 Å². The molecule has 0 spiro atoms. The van der Waals surface area contributed by atoms with Gasteiger partial charge in [0.25, 0.3) is 0 Å². The molecule has 0 unspecified atom stereocenters. The zero-order valence-corrected chi connectivity index (χ0v) is 11.4. The molecule has 0 amide bonds. The Morgan fingerprint density at radius 3 is 2.75 bits per heavy atom. The molecule has 0 aliphatic rings. The van der Waals surface area contributed by atoms with Crippen LogP contribution < -0.4 is 5.32 Å². The van der Waals surface area contributed by atoms with Crippen molar-refractivity contribution in [2.75, 3.05) is 5.32 Å². The number of rotatable bonds is 2. The normalized spacial score (nSPS) is 10.8. The van der Waals surface area contributed by atoms with E-state index in [2.05, 4.69) is 15.3 Å². The summed E-state index contributed by atoms with van der Waals surface area (Å²) in [4.78, 5) is 8.15. The van der Waals surface area contributed by atoms with E-state index in [0.29, 0.717) is 21.7 Å². The number of anilines is 2. The molecule has 3 aromatic rings. The Hall–Kier alpha value is -2.20. The van der Waals surface area contributed by atoms with E-state index in [4.69, 9.17) is 11.6 Å². The van der Waals surface area contributed by atoms with Gasteiger partial charge in [-0.05, 0) is 36.8 Å². The summed E-state index contributed by atoms with van der Waals surface area (Å²) in [5.74, 6) is 0.190. The first-order valence-electron chi connectivity index (χ1n) is 6.08. The molecule has 0 radical (unpaired) electrons. The summed E-state index contributed by atoms with van der Waals surface area (Å²) >= 11 is 6.09. The lowest BCUT2D eigenvalue weighted by Gasteiger charge is -2.11. The van der Waals surface area contributed by atoms with Crippen molar-refractivity contribution in [3.63, 3.8) is 0 Å². The number of nitrogens with zero attached hydrogens (tertiary/aromatic N) is 2. The Labute approximate surface area is 120 Å². The third-order valence-electron chi connectivity index (χ3n) is 3.14. The second kappa shape index (κ2) is 5.06. The summed E-state index contributed by atoms with van der Waals surface area (Å²) in [5, 5.41) is 4.48. The van der Waals surface area contributed by atoms with Crippen molar-refractivity contribution in [3.8, 4) is 0 Å². The van der Waals surface area contributed by atoms with Crippen LogP contribution in [0.15, 0.2) is 42.7 Å². The van der Waals surface area contributed by atoms with E-state index >= 15 is 0 Å². The van der Waals surface area contributed by atoms with Crippen molar-refractivity contribution >= 4 is 34.0 Å². The van der Waals surface area contributed by atoms with Gasteiger partial charge in [0.05, 0.1) is 0 Å². The predicted octanol–water partition coefficient (Wildman–Crippen LogP) is 4.47. The van der Waals surface area contributed by atoms with Crippen LogP contribution in [0.2, 0.25) is 5.02 Å². The van der Waals surface area contributed by atoms with E-state index in [9.17, 15) is 4.39 Å². The summed E-state index contributed by atoms with van der Waals surface area (Å²) in [7, 11) is 0. The van der Waals surface area contributed by atoms with Gasteiger partial charge in [-0.25, -0.2) is 14.4 Å². The number of hydrogen-bond acceptors (Lipinski definition) is 3. The van der Waals surface area contributed by atoms with Crippen molar-refractivity contribution < 1.29 is 4.39 Å². The number of benzene rings is 2. The molecule has 100 valence electrons. The summed E-state index contributed by atoms with van der Waals surface area (Å²) in [6, 6.07) is 10.4. The van der Waals surface area contributed by atoms with E-state index in [-0.39, 0.29) is 5.82 Å². The topological polar surface area (TPSA) is 37.8 Å². The summed E-state index contributed by atoms with van der Waals surface area (Å²) < 4.78 is 13.7. The van der Waals surface area contributed by atoms with Crippen molar-refractivity contribution in [1.29, 1.82) is 0 Å². The largest absolute Gasteiger partial charge is 0.339 e. The lowest BCUT2D eigenvalue weighted by molar-refractivity contribution is 0.636. The van der Waals surface area contributed by atoms with Gasteiger partial charge < -0.3 is 5.32 Å². The third-order valence-corrected chi connectivity index (χ3v) is 3.55. The third kappa shape index (κ3) is 2.18. The Morgan fingerprint density at radius 1 is 1.10 bits per heavy atom. The molecule has 0 bridgehead atoms. The van der Waals surface area contributed by atoms with Gasteiger partial charge >= 0.3 is 0 Å². The first-order chi connectivity index (χ1) is 9.66. The molecule has 5 heteroatoms. The van der Waals surface area contributed by atoms with Crippen molar-refractivity contribution in [3.05, 3.63) is 59.1 Å². The van der Waals surface area contributed by atoms with E-state index in [0.717, 1.165) is 11.3 Å². The molecule has 0 saturated carbocycles. The molecule has 3 rings (SSSR count). The van der Waals surface area contributed by atoms with Gasteiger partial charge in [0.1, 0.15) is 23.5 Å². The molecule has 0 fully saturated rings. The molecule has 2 aromatic carbocycles. The molecule has 0 atom stereocenters. The number of fused-ring (bicyclic) bond motifs is 1. The lowest BCUT2D eigenvalue weighted by Crippen LogP contribution is -1.98. The number of nitrogens with one attached hydrogen (secondary N) is 1. The fourth-order valence-corrected chi connectivity index (χ4v) is 2.20. The maximum atomic E-state index is 13.7. The van der Waals surface area contributed by atoms with Gasteiger partial charge in [0.15, 0.2) is 0 Å². The fourth-order valence-electron chi connectivity index (χ4n) is 2.02. The Kier molecular flexibility index (Phi) is 3.24. The molecule has 0 saturated heterocycles. The second-order valence-electron chi connectivity index (χ2n) is 4.40. The first-order valence-corrected chi connectivity index (χ1v) is 6.46. The first kappa shape index (κ1) is 12.8. The highest BCUT2D eigenvalue weighted by atomic mass is 35.5. The average Bonchev–Trinajstić information content (AvgIpc) is 2.45. The van der Waals surface area contributed by atoms with E-state index in [1.165, 1.54) is 12.4 Å². The SMILES string of the molecule is Cc1c(Cl)cccc1Nc1ncnc2c(F)cccc12. The highest BCUT2D eigenvalue weighted by Crippen LogP contribution is 2.28. The molecule has 1 heterocycles. The number of halogens is 2. The van der Waals surface area contributed by atoms with Crippen molar-refractivity contribution in [2.24, 2.45) is 0 Å². The molecular formula is C15H11ClFN3. The maximum absolute atomic E-state index is 13.7. The minimum Gasteiger partial charge on any atom is -0.339 e. The van der Waals surface area contributed by atoms with Crippen LogP contribution in [0.4, 0.5) is 15.9 Å². The second-order valence-corrected chi connectivity index (χ2v) is 4.80. The molecule has 0 aliphatic carbocycles. The average molecular weight is 288 g/mol. The number of para-hydroxylation sites is 1. The molecule has 1 N–H and O–H groups in total. The number of hydrogen-bond donors (Lipinski definition) is 1. The van der Waals surface area contributed by atoms with Gasteiger partial charge in [-0.3, -0.25) is 0 Å². The quantitative estimate of drug-likeness (QED) is 0.755. The highest BCUT2D eigenvalue weighted by molar-refractivity contribution is 6.31. The monoisotopic (exact) mass is 287 g/mol. The zero-order chi connectivity index (χ0) is 14.1. The van der Waals surface area contributed by atoms with Gasteiger partial charge in [-0.1, -0.05) is 23.7 Å². The van der Waals surface area contributed by atoms with Crippen LogP contribution in [-0.4, -0.2) is 9.97 Å². The maximum Gasteiger partial charge on any atom is 0.149 e. The van der Waals surface area contributed by atoms with Crippen molar-refractivity contribution in [1.82, 2.24) is 9.97 Å². The summed E-state index contributed by atoms with van der Waals surface area (Å²) in [5.41, 5.74) is 2.05. The van der Waals surface area contributed by atoms with Gasteiger partial charge in [-0.15, -0.1) is 0 Å². The Bertz CT molecular complexity index is 789. The van der Waals surface area contributed by atoms with Crippen molar-refractivity contribution in [2.45, 2.75) is 6.92 Å². The molecule has 20 heavy (non-hydrogen) atoms. The van der Waals surface area contributed by atoms with Crippen LogP contribution in [0.25, 0.3) is 10.9 Å². The number of aromatic nitrogens is 2. The zero-order valence-electron chi connectivity index (χ0n) is 10.7. The van der Waals surface area contributed by atoms with Crippen LogP contribution in [0.3, 0.4) is 0 Å². The standard InChI is InChI=1S/C15H11ClFN3/c1-9-11(16)5-3-7-13(9)20-15-10-4-2-6-12(17)14(10)18-8-19-15/h2-8H,1H3,(H,18,19,20). The Morgan fingerprint density at radius 2 is 1.90 bits per heavy atom. The smallest absolute Gasteiger partial charge is 0.149 e. The minimum atomic E-state index is -0.365. The Balaban J connectivity index is 2.12. The van der Waals surface area contributed by atoms with Gasteiger partial charge in [-0.2, -0.15) is 0 Å². The van der Waals surface area contributed by atoms with Crippen LogP contribution in [0, 0.1) is 12.7 Å². The predicted molar refractivity (Wildman–Crippen MR) is 79.0 cm³/mol. The van der Waals surface area contributed by atoms with Crippen LogP contribution in [0.1, 0.15) is 5.56 Å². The fraction of sp³-hybridized carbons (Fsp3) is 0.0667. The van der Waals surface area contributed by atoms with Crippen LogP contribution in [0.5, 0.6) is 0 Å². The summed E-state index contributed by atoms with van der Waals surface area (Å²) in [6.45, 7) is 1.91.